The van der Waals surface area contributed by atoms with Gasteiger partial charge in [0.25, 0.3) is 5.91 Å². The molecule has 0 aliphatic carbocycles. The van der Waals surface area contributed by atoms with E-state index in [4.69, 9.17) is 9.15 Å². The van der Waals surface area contributed by atoms with Crippen LogP contribution in [0.1, 0.15) is 12.7 Å². The quantitative estimate of drug-likeness (QED) is 0.859. The zero-order valence-electron chi connectivity index (χ0n) is 12.4. The molecular formula is C16H15FN2O4. The molecule has 1 atom stereocenters. The van der Waals surface area contributed by atoms with Crippen LogP contribution in [0.5, 0.6) is 5.75 Å². The average molecular weight is 318 g/mol. The van der Waals surface area contributed by atoms with E-state index in [1.165, 1.54) is 18.4 Å². The Labute approximate surface area is 131 Å². The van der Waals surface area contributed by atoms with E-state index >= 15 is 0 Å². The van der Waals surface area contributed by atoms with E-state index in [-0.39, 0.29) is 18.9 Å². The molecule has 1 saturated heterocycles. The van der Waals surface area contributed by atoms with Crippen LogP contribution in [0.2, 0.25) is 0 Å². The Hall–Kier alpha value is -2.83. The minimum atomic E-state index is -1.24. The lowest BCUT2D eigenvalue weighted by Crippen LogP contribution is -2.41. The number of ether oxygens (including phenoxy) is 1. The Bertz CT molecular complexity index is 731. The molecule has 1 N–H and O–H groups in total. The van der Waals surface area contributed by atoms with Crippen LogP contribution in [-0.2, 0) is 10.3 Å². The van der Waals surface area contributed by atoms with Crippen molar-refractivity contribution < 1.29 is 23.1 Å². The largest absolute Gasteiger partial charge is 0.489 e. The molecule has 6 nitrogen and oxygen atoms in total. The van der Waals surface area contributed by atoms with Crippen molar-refractivity contribution in [1.82, 2.24) is 10.2 Å². The summed E-state index contributed by atoms with van der Waals surface area (Å²) < 4.78 is 24.0. The first kappa shape index (κ1) is 15.1. The standard InChI is InChI=1S/C16H15FN2O4/c1-16(13-7-4-9-23-13)14(20)19(15(21)18-16)8-10-22-12-6-3-2-5-11(12)17/h2-7,9H,8,10H2,1H3,(H,18,21)/t16-/m0/s1. The lowest BCUT2D eigenvalue weighted by Gasteiger charge is -2.19. The number of imide groups is 1. The van der Waals surface area contributed by atoms with Crippen LogP contribution >= 0.6 is 0 Å². The number of urea groups is 1. The van der Waals surface area contributed by atoms with Gasteiger partial charge in [0.1, 0.15) is 12.4 Å². The zero-order chi connectivity index (χ0) is 16.4. The number of benzene rings is 1. The Morgan fingerprint density at radius 2 is 2.04 bits per heavy atom. The van der Waals surface area contributed by atoms with Gasteiger partial charge >= 0.3 is 6.03 Å². The van der Waals surface area contributed by atoms with Gasteiger partial charge in [-0.2, -0.15) is 0 Å². The third-order valence-corrected chi connectivity index (χ3v) is 3.70. The number of nitrogens with one attached hydrogen (secondary N) is 1. The van der Waals surface area contributed by atoms with Crippen molar-refractivity contribution in [2.75, 3.05) is 13.2 Å². The van der Waals surface area contributed by atoms with Crippen molar-refractivity contribution in [3.05, 3.63) is 54.2 Å². The monoisotopic (exact) mass is 318 g/mol. The van der Waals surface area contributed by atoms with Crippen molar-refractivity contribution in [2.45, 2.75) is 12.5 Å². The van der Waals surface area contributed by atoms with Gasteiger partial charge in [-0.15, -0.1) is 0 Å². The lowest BCUT2D eigenvalue weighted by atomic mass is 9.99. The number of carbonyl (C=O) groups is 2. The fraction of sp³-hybridized carbons (Fsp3) is 0.250. The SMILES string of the molecule is C[C@@]1(c2ccco2)NC(=O)N(CCOc2ccccc2F)C1=O. The van der Waals surface area contributed by atoms with Gasteiger partial charge in [-0.05, 0) is 31.2 Å². The van der Waals surface area contributed by atoms with Gasteiger partial charge in [0, 0.05) is 0 Å². The number of carbonyl (C=O) groups excluding carboxylic acids is 2. The fourth-order valence-electron chi connectivity index (χ4n) is 2.44. The molecule has 2 aromatic rings. The third-order valence-electron chi connectivity index (χ3n) is 3.70. The average Bonchev–Trinajstić information content (AvgIpc) is 3.13. The highest BCUT2D eigenvalue weighted by atomic mass is 19.1. The molecule has 0 unspecified atom stereocenters. The molecule has 1 aromatic carbocycles. The van der Waals surface area contributed by atoms with Crippen LogP contribution in [-0.4, -0.2) is 30.0 Å². The highest BCUT2D eigenvalue weighted by Crippen LogP contribution is 2.28. The van der Waals surface area contributed by atoms with Gasteiger partial charge in [0.15, 0.2) is 17.1 Å². The minimum Gasteiger partial charge on any atom is -0.489 e. The van der Waals surface area contributed by atoms with Crippen LogP contribution in [0, 0.1) is 5.82 Å². The summed E-state index contributed by atoms with van der Waals surface area (Å²) >= 11 is 0. The molecule has 0 saturated carbocycles. The summed E-state index contributed by atoms with van der Waals surface area (Å²) in [6, 6.07) is 8.67. The van der Waals surface area contributed by atoms with Crippen molar-refractivity contribution in [1.29, 1.82) is 0 Å². The Balaban J connectivity index is 1.66. The zero-order valence-corrected chi connectivity index (χ0v) is 12.4. The molecule has 120 valence electrons. The Morgan fingerprint density at radius 3 is 2.74 bits per heavy atom. The molecule has 3 amide bonds. The van der Waals surface area contributed by atoms with Gasteiger partial charge in [-0.1, -0.05) is 12.1 Å². The molecular weight excluding hydrogens is 303 g/mol. The second kappa shape index (κ2) is 5.75. The summed E-state index contributed by atoms with van der Waals surface area (Å²) in [6.07, 6.45) is 1.43. The predicted molar refractivity (Wildman–Crippen MR) is 78.2 cm³/mol. The normalized spacial score (nSPS) is 20.7. The number of amides is 3. The first-order valence-electron chi connectivity index (χ1n) is 7.08. The van der Waals surface area contributed by atoms with Crippen LogP contribution in [0.3, 0.4) is 0 Å². The first-order chi connectivity index (χ1) is 11.0. The molecule has 0 bridgehead atoms. The number of rotatable bonds is 5. The fourth-order valence-corrected chi connectivity index (χ4v) is 2.44. The van der Waals surface area contributed by atoms with E-state index in [0.717, 1.165) is 4.90 Å². The lowest BCUT2D eigenvalue weighted by molar-refractivity contribution is -0.131. The molecule has 1 aliphatic rings. The molecule has 0 spiro atoms. The van der Waals surface area contributed by atoms with Gasteiger partial charge in [0.05, 0.1) is 12.8 Å². The summed E-state index contributed by atoms with van der Waals surface area (Å²) in [7, 11) is 0. The van der Waals surface area contributed by atoms with Crippen LogP contribution in [0.4, 0.5) is 9.18 Å². The number of nitrogens with zero attached hydrogens (tertiary/aromatic N) is 1. The smallest absolute Gasteiger partial charge is 0.325 e. The number of hydrogen-bond donors (Lipinski definition) is 1. The number of furan rings is 1. The van der Waals surface area contributed by atoms with E-state index in [0.29, 0.717) is 5.76 Å². The van der Waals surface area contributed by atoms with E-state index in [1.807, 2.05) is 0 Å². The van der Waals surface area contributed by atoms with E-state index in [2.05, 4.69) is 5.32 Å². The van der Waals surface area contributed by atoms with Crippen LogP contribution in [0.25, 0.3) is 0 Å². The van der Waals surface area contributed by atoms with E-state index in [1.54, 1.807) is 31.2 Å². The van der Waals surface area contributed by atoms with Gasteiger partial charge < -0.3 is 14.5 Å². The van der Waals surface area contributed by atoms with E-state index < -0.39 is 23.3 Å². The number of halogens is 1. The molecule has 0 radical (unpaired) electrons. The van der Waals surface area contributed by atoms with Gasteiger partial charge in [-0.25, -0.2) is 9.18 Å². The topological polar surface area (TPSA) is 71.8 Å². The number of hydrogen-bond acceptors (Lipinski definition) is 4. The molecule has 1 aromatic heterocycles. The maximum absolute atomic E-state index is 13.5. The summed E-state index contributed by atoms with van der Waals surface area (Å²) in [5.41, 5.74) is -1.24. The summed E-state index contributed by atoms with van der Waals surface area (Å²) in [5.74, 6) is -0.499. The van der Waals surface area contributed by atoms with Gasteiger partial charge in [-0.3, -0.25) is 9.69 Å². The second-order valence-corrected chi connectivity index (χ2v) is 5.27. The van der Waals surface area contributed by atoms with Crippen molar-refractivity contribution >= 4 is 11.9 Å². The molecule has 2 heterocycles. The van der Waals surface area contributed by atoms with Crippen LogP contribution < -0.4 is 10.1 Å². The van der Waals surface area contributed by atoms with Crippen molar-refractivity contribution in [3.63, 3.8) is 0 Å². The molecule has 1 aliphatic heterocycles. The molecule has 1 fully saturated rings. The molecule has 7 heteroatoms. The van der Waals surface area contributed by atoms with Crippen molar-refractivity contribution in [3.8, 4) is 5.75 Å². The third kappa shape index (κ3) is 2.65. The maximum atomic E-state index is 13.5. The second-order valence-electron chi connectivity index (χ2n) is 5.27. The Morgan fingerprint density at radius 1 is 1.26 bits per heavy atom. The van der Waals surface area contributed by atoms with E-state index in [9.17, 15) is 14.0 Å². The molecule has 3 rings (SSSR count). The molecule has 23 heavy (non-hydrogen) atoms. The summed E-state index contributed by atoms with van der Waals surface area (Å²) in [5, 5.41) is 2.61. The highest BCUT2D eigenvalue weighted by Gasteiger charge is 2.50. The predicted octanol–water partition coefficient (Wildman–Crippen LogP) is 2.26. The number of para-hydroxylation sites is 1. The van der Waals surface area contributed by atoms with Gasteiger partial charge in [0.2, 0.25) is 0 Å². The first-order valence-corrected chi connectivity index (χ1v) is 7.08. The Kier molecular flexibility index (Phi) is 3.77. The maximum Gasteiger partial charge on any atom is 0.325 e. The minimum absolute atomic E-state index is 0.00563. The van der Waals surface area contributed by atoms with Crippen molar-refractivity contribution in [2.24, 2.45) is 0 Å². The summed E-state index contributed by atoms with van der Waals surface area (Å²) in [4.78, 5) is 25.6. The van der Waals surface area contributed by atoms with Crippen LogP contribution in [0.15, 0.2) is 47.1 Å². The highest BCUT2D eigenvalue weighted by molar-refractivity contribution is 6.06. The summed E-state index contributed by atoms with van der Waals surface area (Å²) in [6.45, 7) is 1.58.